The van der Waals surface area contributed by atoms with Gasteiger partial charge in [-0.2, -0.15) is 0 Å². The highest BCUT2D eigenvalue weighted by Gasteiger charge is 2.33. The number of hydrogen-bond acceptors (Lipinski definition) is 1. The maximum Gasteiger partial charge on any atom is 0.227 e. The molecule has 1 fully saturated rings. The molecule has 1 aliphatic rings. The molecule has 1 aliphatic heterocycles. The van der Waals surface area contributed by atoms with E-state index in [1.165, 1.54) is 5.56 Å². The number of hydrogen-bond donors (Lipinski definition) is 0. The van der Waals surface area contributed by atoms with Gasteiger partial charge in [0, 0.05) is 17.9 Å². The van der Waals surface area contributed by atoms with Crippen molar-refractivity contribution in [2.45, 2.75) is 32.7 Å². The van der Waals surface area contributed by atoms with Crippen molar-refractivity contribution in [1.82, 2.24) is 4.90 Å². The normalized spacial score (nSPS) is 23.4. The van der Waals surface area contributed by atoms with E-state index in [1.54, 1.807) is 0 Å². The second kappa shape index (κ2) is 5.87. The van der Waals surface area contributed by atoms with Crippen LogP contribution < -0.4 is 0 Å². The lowest BCUT2D eigenvalue weighted by Gasteiger charge is -2.25. The molecular formula is C15H20BrNO. The molecule has 2 nitrogen and oxygen atoms in total. The molecule has 0 bridgehead atoms. The van der Waals surface area contributed by atoms with E-state index >= 15 is 0 Å². The molecule has 1 aromatic carbocycles. The van der Waals surface area contributed by atoms with E-state index in [4.69, 9.17) is 0 Å². The molecule has 0 aliphatic carbocycles. The van der Waals surface area contributed by atoms with Gasteiger partial charge in [0.15, 0.2) is 0 Å². The van der Waals surface area contributed by atoms with Gasteiger partial charge in [-0.15, -0.1) is 0 Å². The molecule has 0 aromatic heterocycles. The summed E-state index contributed by atoms with van der Waals surface area (Å²) in [6.07, 6.45) is 1.65. The van der Waals surface area contributed by atoms with Gasteiger partial charge < -0.3 is 4.90 Å². The molecule has 1 heterocycles. The van der Waals surface area contributed by atoms with Crippen molar-refractivity contribution in [1.29, 1.82) is 0 Å². The van der Waals surface area contributed by atoms with Crippen molar-refractivity contribution in [2.24, 2.45) is 5.92 Å². The molecule has 0 saturated carbocycles. The summed E-state index contributed by atoms with van der Waals surface area (Å²) in [6, 6.07) is 8.60. The van der Waals surface area contributed by atoms with Crippen LogP contribution in [0.2, 0.25) is 0 Å². The Balaban J connectivity index is 2.01. The number of amides is 1. The van der Waals surface area contributed by atoms with Gasteiger partial charge in [-0.05, 0) is 24.8 Å². The predicted molar refractivity (Wildman–Crippen MR) is 78.0 cm³/mol. The number of benzene rings is 1. The topological polar surface area (TPSA) is 20.3 Å². The van der Waals surface area contributed by atoms with Gasteiger partial charge in [-0.3, -0.25) is 4.79 Å². The third-order valence-electron chi connectivity index (χ3n) is 3.84. The Bertz CT molecular complexity index is 415. The Hall–Kier alpha value is -0.830. The van der Waals surface area contributed by atoms with E-state index in [0.29, 0.717) is 18.4 Å². The first-order chi connectivity index (χ1) is 8.61. The van der Waals surface area contributed by atoms with Crippen LogP contribution in [0.25, 0.3) is 0 Å². The smallest absolute Gasteiger partial charge is 0.227 e. The summed E-state index contributed by atoms with van der Waals surface area (Å²) in [5, 5.41) is 0.883. The highest BCUT2D eigenvalue weighted by molar-refractivity contribution is 9.09. The van der Waals surface area contributed by atoms with Crippen molar-refractivity contribution < 1.29 is 4.79 Å². The molecule has 2 rings (SSSR count). The molecular weight excluding hydrogens is 290 g/mol. The Kier molecular flexibility index (Phi) is 4.44. The van der Waals surface area contributed by atoms with Gasteiger partial charge in [-0.25, -0.2) is 0 Å². The first-order valence-electron chi connectivity index (χ1n) is 6.53. The lowest BCUT2D eigenvalue weighted by Crippen LogP contribution is -2.39. The third kappa shape index (κ3) is 2.94. The Labute approximate surface area is 117 Å². The molecule has 0 N–H and O–H groups in total. The molecule has 2 atom stereocenters. The molecule has 98 valence electrons. The standard InChI is InChI=1S/C15H20BrNO/c1-11-3-5-13(6-4-11)9-15(18)17-8-7-12(2)14(17)10-16/h3-6,12,14H,7-10H2,1-2H3. The summed E-state index contributed by atoms with van der Waals surface area (Å²) >= 11 is 3.53. The van der Waals surface area contributed by atoms with Crippen LogP contribution in [0, 0.1) is 12.8 Å². The minimum absolute atomic E-state index is 0.257. The molecule has 3 heteroatoms. The molecule has 18 heavy (non-hydrogen) atoms. The van der Waals surface area contributed by atoms with Crippen LogP contribution in [-0.2, 0) is 11.2 Å². The van der Waals surface area contributed by atoms with E-state index in [1.807, 2.05) is 4.90 Å². The molecule has 1 saturated heterocycles. The van der Waals surface area contributed by atoms with E-state index in [2.05, 4.69) is 54.0 Å². The van der Waals surface area contributed by atoms with Gasteiger partial charge in [0.25, 0.3) is 0 Å². The molecule has 1 aromatic rings. The van der Waals surface area contributed by atoms with Crippen LogP contribution in [0.1, 0.15) is 24.5 Å². The number of halogens is 1. The van der Waals surface area contributed by atoms with Gasteiger partial charge in [-0.1, -0.05) is 52.7 Å². The SMILES string of the molecule is Cc1ccc(CC(=O)N2CCC(C)C2CBr)cc1. The van der Waals surface area contributed by atoms with Crippen LogP contribution in [0.15, 0.2) is 24.3 Å². The van der Waals surface area contributed by atoms with Crippen molar-refractivity contribution in [3.8, 4) is 0 Å². The number of alkyl halides is 1. The number of nitrogens with zero attached hydrogens (tertiary/aromatic N) is 1. The average molecular weight is 310 g/mol. The van der Waals surface area contributed by atoms with Gasteiger partial charge in [0.2, 0.25) is 5.91 Å². The van der Waals surface area contributed by atoms with Crippen LogP contribution in [-0.4, -0.2) is 28.7 Å². The van der Waals surface area contributed by atoms with Crippen LogP contribution in [0.3, 0.4) is 0 Å². The molecule has 0 spiro atoms. The fourth-order valence-electron chi connectivity index (χ4n) is 2.54. The zero-order chi connectivity index (χ0) is 13.1. The Morgan fingerprint density at radius 1 is 1.39 bits per heavy atom. The lowest BCUT2D eigenvalue weighted by atomic mass is 10.0. The lowest BCUT2D eigenvalue weighted by molar-refractivity contribution is -0.131. The number of carbonyl (C=O) groups excluding carboxylic acids is 1. The average Bonchev–Trinajstić information content (AvgIpc) is 2.73. The second-order valence-corrected chi connectivity index (χ2v) is 5.88. The second-order valence-electron chi connectivity index (χ2n) is 5.24. The van der Waals surface area contributed by atoms with Crippen LogP contribution >= 0.6 is 15.9 Å². The minimum atomic E-state index is 0.257. The van der Waals surface area contributed by atoms with Crippen molar-refractivity contribution in [3.05, 3.63) is 35.4 Å². The summed E-state index contributed by atoms with van der Waals surface area (Å²) in [5.41, 5.74) is 2.35. The van der Waals surface area contributed by atoms with Gasteiger partial charge in [0.1, 0.15) is 0 Å². The van der Waals surface area contributed by atoms with E-state index in [-0.39, 0.29) is 5.91 Å². The number of carbonyl (C=O) groups is 1. The van der Waals surface area contributed by atoms with Crippen molar-refractivity contribution in [3.63, 3.8) is 0 Å². The van der Waals surface area contributed by atoms with Gasteiger partial charge >= 0.3 is 0 Å². The van der Waals surface area contributed by atoms with Gasteiger partial charge in [0.05, 0.1) is 6.42 Å². The third-order valence-corrected chi connectivity index (χ3v) is 4.50. The van der Waals surface area contributed by atoms with Crippen molar-refractivity contribution in [2.75, 3.05) is 11.9 Å². The highest BCUT2D eigenvalue weighted by Crippen LogP contribution is 2.26. The van der Waals surface area contributed by atoms with Crippen molar-refractivity contribution >= 4 is 21.8 Å². The van der Waals surface area contributed by atoms with E-state index < -0.39 is 0 Å². The number of rotatable bonds is 3. The quantitative estimate of drug-likeness (QED) is 0.785. The Morgan fingerprint density at radius 3 is 2.67 bits per heavy atom. The minimum Gasteiger partial charge on any atom is -0.338 e. The zero-order valence-corrected chi connectivity index (χ0v) is 12.6. The molecule has 1 amide bonds. The molecule has 2 unspecified atom stereocenters. The fourth-order valence-corrected chi connectivity index (χ4v) is 3.52. The number of aryl methyl sites for hydroxylation is 1. The zero-order valence-electron chi connectivity index (χ0n) is 11.0. The predicted octanol–water partition coefficient (Wildman–Crippen LogP) is 3.17. The summed E-state index contributed by atoms with van der Waals surface area (Å²) < 4.78 is 0. The fraction of sp³-hybridized carbons (Fsp3) is 0.533. The summed E-state index contributed by atoms with van der Waals surface area (Å²) in [4.78, 5) is 14.4. The first-order valence-corrected chi connectivity index (χ1v) is 7.65. The Morgan fingerprint density at radius 2 is 2.06 bits per heavy atom. The van der Waals surface area contributed by atoms with Crippen LogP contribution in [0.4, 0.5) is 0 Å². The summed E-state index contributed by atoms with van der Waals surface area (Å²) in [5.74, 6) is 0.860. The summed E-state index contributed by atoms with van der Waals surface area (Å²) in [7, 11) is 0. The maximum absolute atomic E-state index is 12.3. The van der Waals surface area contributed by atoms with Crippen LogP contribution in [0.5, 0.6) is 0 Å². The maximum atomic E-state index is 12.3. The first kappa shape index (κ1) is 13.6. The summed E-state index contributed by atoms with van der Waals surface area (Å²) in [6.45, 7) is 5.20. The number of likely N-dealkylation sites (tertiary alicyclic amines) is 1. The molecule has 0 radical (unpaired) electrons. The monoisotopic (exact) mass is 309 g/mol. The largest absolute Gasteiger partial charge is 0.338 e. The highest BCUT2D eigenvalue weighted by atomic mass is 79.9. The van der Waals surface area contributed by atoms with E-state index in [0.717, 1.165) is 23.9 Å². The van der Waals surface area contributed by atoms with E-state index in [9.17, 15) is 4.79 Å².